The number of piperidine rings is 1. The standard InChI is InChI=1S/C18H19NO2/c1-19-9-8-18-12-4-3-5-15(18)21-17-14(20-2)7-6-11(16(17)18)10-13(12)19/h3-7,13,15H,8-10H2,1-2H3/t13-,15-,18+/m0/s1. The third kappa shape index (κ3) is 1.21. The van der Waals surface area contributed by atoms with Crippen LogP contribution in [0.4, 0.5) is 0 Å². The maximum atomic E-state index is 6.36. The third-order valence-electron chi connectivity index (χ3n) is 5.84. The smallest absolute Gasteiger partial charge is 0.166 e. The predicted molar refractivity (Wildman–Crippen MR) is 81.1 cm³/mol. The van der Waals surface area contributed by atoms with E-state index >= 15 is 0 Å². The number of allylic oxidation sites excluding steroid dienone is 2. The summed E-state index contributed by atoms with van der Waals surface area (Å²) >= 11 is 0. The van der Waals surface area contributed by atoms with Gasteiger partial charge in [0.2, 0.25) is 0 Å². The predicted octanol–water partition coefficient (Wildman–Crippen LogP) is 2.45. The molecule has 1 fully saturated rings. The molecule has 108 valence electrons. The van der Waals surface area contributed by atoms with E-state index in [1.165, 1.54) is 11.1 Å². The van der Waals surface area contributed by atoms with Crippen LogP contribution in [0.2, 0.25) is 0 Å². The molecule has 0 aromatic heterocycles. The van der Waals surface area contributed by atoms with Crippen molar-refractivity contribution in [2.45, 2.75) is 30.4 Å². The monoisotopic (exact) mass is 281 g/mol. The van der Waals surface area contributed by atoms with Crippen LogP contribution in [0.5, 0.6) is 11.5 Å². The van der Waals surface area contributed by atoms with Gasteiger partial charge in [0.1, 0.15) is 6.10 Å². The number of nitrogens with zero attached hydrogens (tertiary/aromatic N) is 1. The molecule has 3 atom stereocenters. The van der Waals surface area contributed by atoms with Gasteiger partial charge in [-0.2, -0.15) is 0 Å². The van der Waals surface area contributed by atoms with E-state index in [2.05, 4.69) is 42.3 Å². The fraction of sp³-hybridized carbons (Fsp3) is 0.444. The van der Waals surface area contributed by atoms with Crippen LogP contribution in [-0.2, 0) is 11.8 Å². The highest BCUT2D eigenvalue weighted by Crippen LogP contribution is 2.61. The van der Waals surface area contributed by atoms with E-state index in [-0.39, 0.29) is 11.5 Å². The van der Waals surface area contributed by atoms with Gasteiger partial charge in [-0.25, -0.2) is 0 Å². The summed E-state index contributed by atoms with van der Waals surface area (Å²) < 4.78 is 11.9. The van der Waals surface area contributed by atoms with Gasteiger partial charge in [0.05, 0.1) is 12.5 Å². The van der Waals surface area contributed by atoms with Crippen molar-refractivity contribution >= 4 is 0 Å². The summed E-state index contributed by atoms with van der Waals surface area (Å²) in [4.78, 5) is 2.50. The van der Waals surface area contributed by atoms with Gasteiger partial charge in [-0.05, 0) is 49.7 Å². The highest BCUT2D eigenvalue weighted by atomic mass is 16.5. The minimum Gasteiger partial charge on any atom is -0.493 e. The molecular weight excluding hydrogens is 262 g/mol. The van der Waals surface area contributed by atoms with Gasteiger partial charge < -0.3 is 9.47 Å². The van der Waals surface area contributed by atoms with Crippen molar-refractivity contribution in [1.82, 2.24) is 4.90 Å². The maximum absolute atomic E-state index is 6.36. The summed E-state index contributed by atoms with van der Waals surface area (Å²) in [7, 11) is 3.98. The quantitative estimate of drug-likeness (QED) is 0.789. The Hall–Kier alpha value is -1.74. The molecule has 2 aliphatic carbocycles. The van der Waals surface area contributed by atoms with Crippen molar-refractivity contribution in [1.29, 1.82) is 0 Å². The molecule has 2 aliphatic heterocycles. The minimum absolute atomic E-state index is 0.0589. The Bertz CT molecular complexity index is 705. The second kappa shape index (κ2) is 3.72. The molecular formula is C18H19NO2. The van der Waals surface area contributed by atoms with E-state index in [9.17, 15) is 0 Å². The molecule has 1 aromatic carbocycles. The number of hydrogen-bond donors (Lipinski definition) is 0. The lowest BCUT2D eigenvalue weighted by Gasteiger charge is -2.52. The molecule has 2 bridgehead atoms. The van der Waals surface area contributed by atoms with Crippen LogP contribution >= 0.6 is 0 Å². The molecule has 1 aromatic rings. The number of rotatable bonds is 1. The van der Waals surface area contributed by atoms with Crippen LogP contribution in [-0.4, -0.2) is 37.7 Å². The van der Waals surface area contributed by atoms with Crippen molar-refractivity contribution in [3.8, 4) is 11.5 Å². The number of likely N-dealkylation sites (tertiary alicyclic amines) is 1. The molecule has 21 heavy (non-hydrogen) atoms. The lowest BCUT2D eigenvalue weighted by Crippen LogP contribution is -2.57. The molecule has 3 heteroatoms. The Morgan fingerprint density at radius 1 is 1.38 bits per heavy atom. The molecule has 0 amide bonds. The van der Waals surface area contributed by atoms with E-state index < -0.39 is 0 Å². The third-order valence-corrected chi connectivity index (χ3v) is 5.84. The summed E-state index contributed by atoms with van der Waals surface area (Å²) in [5.74, 6) is 1.86. The Morgan fingerprint density at radius 2 is 2.29 bits per heavy atom. The molecule has 0 unspecified atom stereocenters. The molecule has 5 rings (SSSR count). The number of benzene rings is 1. The number of ether oxygens (including phenoxy) is 2. The van der Waals surface area contributed by atoms with Crippen molar-refractivity contribution in [2.75, 3.05) is 20.7 Å². The zero-order chi connectivity index (χ0) is 14.2. The number of methoxy groups -OCH3 is 1. The average molecular weight is 281 g/mol. The minimum atomic E-state index is 0.0589. The first kappa shape index (κ1) is 11.9. The van der Waals surface area contributed by atoms with Gasteiger partial charge in [-0.1, -0.05) is 18.2 Å². The molecule has 0 N–H and O–H groups in total. The SMILES string of the molecule is COc1ccc2c3c1O[C@H]1C=CC=C4[C@H](C2)N(C)CC[C@]431. The normalized spacial score (nSPS) is 35.0. The molecule has 3 nitrogen and oxygen atoms in total. The number of hydrogen-bond acceptors (Lipinski definition) is 3. The highest BCUT2D eigenvalue weighted by molar-refractivity contribution is 5.67. The van der Waals surface area contributed by atoms with Crippen molar-refractivity contribution in [3.63, 3.8) is 0 Å². The summed E-state index contributed by atoms with van der Waals surface area (Å²) in [6.45, 7) is 1.13. The lowest BCUT2D eigenvalue weighted by atomic mass is 9.57. The van der Waals surface area contributed by atoms with Crippen molar-refractivity contribution < 1.29 is 9.47 Å². The van der Waals surface area contributed by atoms with Crippen LogP contribution < -0.4 is 9.47 Å². The average Bonchev–Trinajstić information content (AvgIpc) is 2.84. The van der Waals surface area contributed by atoms with Gasteiger partial charge in [0, 0.05) is 11.6 Å². The van der Waals surface area contributed by atoms with E-state index in [0.717, 1.165) is 30.9 Å². The molecule has 0 saturated carbocycles. The summed E-state index contributed by atoms with van der Waals surface area (Å²) in [6.07, 6.45) is 9.08. The van der Waals surface area contributed by atoms with E-state index in [4.69, 9.17) is 9.47 Å². The summed E-state index contributed by atoms with van der Waals surface area (Å²) in [5, 5.41) is 0. The van der Waals surface area contributed by atoms with Crippen LogP contribution in [0.25, 0.3) is 0 Å². The second-order valence-electron chi connectivity index (χ2n) is 6.60. The second-order valence-corrected chi connectivity index (χ2v) is 6.60. The summed E-state index contributed by atoms with van der Waals surface area (Å²) in [5.41, 5.74) is 4.45. The maximum Gasteiger partial charge on any atom is 0.166 e. The first-order valence-electron chi connectivity index (χ1n) is 7.72. The highest BCUT2D eigenvalue weighted by Gasteiger charge is 2.59. The van der Waals surface area contributed by atoms with Gasteiger partial charge in [0.15, 0.2) is 11.5 Å². The summed E-state index contributed by atoms with van der Waals surface area (Å²) in [6, 6.07) is 4.82. The van der Waals surface area contributed by atoms with Crippen molar-refractivity contribution in [2.24, 2.45) is 0 Å². The Kier molecular flexibility index (Phi) is 2.10. The topological polar surface area (TPSA) is 21.7 Å². The van der Waals surface area contributed by atoms with Crippen LogP contribution in [0.1, 0.15) is 17.5 Å². The Balaban J connectivity index is 1.85. The van der Waals surface area contributed by atoms with Gasteiger partial charge in [-0.15, -0.1) is 0 Å². The van der Waals surface area contributed by atoms with Gasteiger partial charge >= 0.3 is 0 Å². The van der Waals surface area contributed by atoms with Crippen LogP contribution in [0.15, 0.2) is 35.9 Å². The molecule has 1 saturated heterocycles. The molecule has 4 aliphatic rings. The van der Waals surface area contributed by atoms with E-state index in [0.29, 0.717) is 6.04 Å². The van der Waals surface area contributed by atoms with Crippen LogP contribution in [0.3, 0.4) is 0 Å². The van der Waals surface area contributed by atoms with Gasteiger partial charge in [-0.3, -0.25) is 4.90 Å². The molecule has 1 spiro atoms. The fourth-order valence-electron chi connectivity index (χ4n) is 4.87. The lowest BCUT2D eigenvalue weighted by molar-refractivity contribution is 0.117. The van der Waals surface area contributed by atoms with E-state index in [1.54, 1.807) is 12.7 Å². The zero-order valence-electron chi connectivity index (χ0n) is 12.4. The first-order valence-corrected chi connectivity index (χ1v) is 7.72. The number of likely N-dealkylation sites (N-methyl/N-ethyl adjacent to an activating group) is 1. The Morgan fingerprint density at radius 3 is 3.14 bits per heavy atom. The first-order chi connectivity index (χ1) is 10.3. The van der Waals surface area contributed by atoms with Crippen molar-refractivity contribution in [3.05, 3.63) is 47.1 Å². The van der Waals surface area contributed by atoms with Gasteiger partial charge in [0.25, 0.3) is 0 Å². The molecule has 2 heterocycles. The fourth-order valence-corrected chi connectivity index (χ4v) is 4.87. The largest absolute Gasteiger partial charge is 0.493 e. The van der Waals surface area contributed by atoms with E-state index in [1.807, 2.05) is 0 Å². The molecule has 0 radical (unpaired) electrons. The zero-order valence-corrected chi connectivity index (χ0v) is 12.4. The Labute approximate surface area is 124 Å². The van der Waals surface area contributed by atoms with Crippen LogP contribution in [0, 0.1) is 0 Å².